The van der Waals surface area contributed by atoms with Gasteiger partial charge in [-0.1, -0.05) is 78.4 Å². The predicted molar refractivity (Wildman–Crippen MR) is 140 cm³/mol. The van der Waals surface area contributed by atoms with Crippen LogP contribution in [0.1, 0.15) is 23.1 Å². The van der Waals surface area contributed by atoms with Gasteiger partial charge >= 0.3 is 0 Å². The summed E-state index contributed by atoms with van der Waals surface area (Å²) in [6.45, 7) is 4.02. The van der Waals surface area contributed by atoms with E-state index in [2.05, 4.69) is 11.4 Å². The number of aromatic nitrogens is 1. The highest BCUT2D eigenvalue weighted by Gasteiger charge is 2.16. The number of anilines is 1. The average Bonchev–Trinajstić information content (AvgIpc) is 2.86. The van der Waals surface area contributed by atoms with E-state index in [0.29, 0.717) is 22.8 Å². The number of carbonyl (C=O) groups is 1. The molecule has 0 radical (unpaired) electrons. The Morgan fingerprint density at radius 1 is 0.941 bits per heavy atom. The van der Waals surface area contributed by atoms with Crippen LogP contribution in [0.5, 0.6) is 0 Å². The smallest absolute Gasteiger partial charge is 0.225 e. The van der Waals surface area contributed by atoms with E-state index in [1.807, 2.05) is 98.8 Å². The van der Waals surface area contributed by atoms with Crippen molar-refractivity contribution in [3.8, 4) is 28.5 Å². The summed E-state index contributed by atoms with van der Waals surface area (Å²) < 4.78 is 0. The van der Waals surface area contributed by atoms with E-state index >= 15 is 0 Å². The zero-order valence-corrected chi connectivity index (χ0v) is 20.0. The van der Waals surface area contributed by atoms with Crippen LogP contribution < -0.4 is 5.32 Å². The maximum atomic E-state index is 12.6. The van der Waals surface area contributed by atoms with Crippen molar-refractivity contribution < 1.29 is 4.79 Å². The van der Waals surface area contributed by atoms with E-state index < -0.39 is 0 Å². The fraction of sp³-hybridized carbons (Fsp3) is 0.138. The summed E-state index contributed by atoms with van der Waals surface area (Å²) >= 11 is 1.44. The summed E-state index contributed by atoms with van der Waals surface area (Å²) in [6, 6.07) is 30.1. The van der Waals surface area contributed by atoms with Gasteiger partial charge in [-0.05, 0) is 37.1 Å². The summed E-state index contributed by atoms with van der Waals surface area (Å²) in [4.78, 5) is 17.4. The molecule has 0 aliphatic carbocycles. The molecule has 1 heterocycles. The molecule has 0 fully saturated rings. The number of hydrogen-bond donors (Lipinski definition) is 1. The highest BCUT2D eigenvalue weighted by molar-refractivity contribution is 7.99. The molecule has 0 saturated heterocycles. The second-order valence-corrected chi connectivity index (χ2v) is 9.13. The van der Waals surface area contributed by atoms with Crippen LogP contribution in [0.2, 0.25) is 0 Å². The number of nitriles is 1. The lowest BCUT2D eigenvalue weighted by molar-refractivity contribution is -0.115. The molecule has 0 unspecified atom stereocenters. The van der Waals surface area contributed by atoms with E-state index in [1.165, 1.54) is 11.8 Å². The lowest BCUT2D eigenvalue weighted by Gasteiger charge is -2.13. The number of pyridine rings is 1. The zero-order chi connectivity index (χ0) is 23.9. The van der Waals surface area contributed by atoms with Crippen LogP contribution >= 0.6 is 11.8 Å². The molecule has 3 aromatic carbocycles. The second kappa shape index (κ2) is 10.8. The molecule has 4 nitrogen and oxygen atoms in total. The number of benzene rings is 3. The molecule has 5 heteroatoms. The first-order valence-electron chi connectivity index (χ1n) is 11.1. The van der Waals surface area contributed by atoms with Crippen LogP contribution in [0.25, 0.3) is 22.4 Å². The number of hydrogen-bond acceptors (Lipinski definition) is 4. The van der Waals surface area contributed by atoms with E-state index in [0.717, 1.165) is 39.2 Å². The van der Waals surface area contributed by atoms with Crippen LogP contribution in [0, 0.1) is 25.2 Å². The first-order chi connectivity index (χ1) is 16.5. The Hall–Kier alpha value is -3.88. The van der Waals surface area contributed by atoms with E-state index in [-0.39, 0.29) is 5.91 Å². The van der Waals surface area contributed by atoms with E-state index in [9.17, 15) is 10.1 Å². The molecule has 0 aliphatic heterocycles. The van der Waals surface area contributed by atoms with Gasteiger partial charge in [-0.3, -0.25) is 4.79 Å². The summed E-state index contributed by atoms with van der Waals surface area (Å²) in [5, 5.41) is 13.6. The molecule has 4 aromatic rings. The number of aryl methyl sites for hydroxylation is 2. The standard InChI is InChI=1S/C29H25N3OS/c1-20-13-14-26(21(2)17-20)31-28(33)15-16-34-29-25(19-30)24(22-9-5-3-6-10-22)18-27(32-29)23-11-7-4-8-12-23/h3-14,17-18H,15-16H2,1-2H3,(H,31,33). The lowest BCUT2D eigenvalue weighted by Crippen LogP contribution is -2.13. The third kappa shape index (κ3) is 5.54. The predicted octanol–water partition coefficient (Wildman–Crippen LogP) is 7.03. The van der Waals surface area contributed by atoms with Crippen LogP contribution in [-0.2, 0) is 4.79 Å². The monoisotopic (exact) mass is 463 g/mol. The van der Waals surface area contributed by atoms with Gasteiger partial charge in [0.1, 0.15) is 11.1 Å². The van der Waals surface area contributed by atoms with Crippen molar-refractivity contribution in [3.05, 3.63) is 102 Å². The summed E-state index contributed by atoms with van der Waals surface area (Å²) in [5.74, 6) is 0.464. The van der Waals surface area contributed by atoms with Gasteiger partial charge in [0.05, 0.1) is 11.3 Å². The minimum absolute atomic E-state index is 0.0551. The Bertz CT molecular complexity index is 1350. The van der Waals surface area contributed by atoms with E-state index in [1.54, 1.807) is 0 Å². The fourth-order valence-electron chi connectivity index (χ4n) is 3.74. The molecule has 0 atom stereocenters. The minimum Gasteiger partial charge on any atom is -0.326 e. The highest BCUT2D eigenvalue weighted by atomic mass is 32.2. The van der Waals surface area contributed by atoms with Crippen molar-refractivity contribution in [2.45, 2.75) is 25.3 Å². The molecule has 0 bridgehead atoms. The summed E-state index contributed by atoms with van der Waals surface area (Å²) in [7, 11) is 0. The maximum absolute atomic E-state index is 12.6. The van der Waals surface area contributed by atoms with Gasteiger partial charge in [0, 0.05) is 29.0 Å². The molecule has 1 amide bonds. The first kappa shape index (κ1) is 23.3. The minimum atomic E-state index is -0.0551. The Labute approximate surface area is 204 Å². The van der Waals surface area contributed by atoms with Crippen molar-refractivity contribution in [1.29, 1.82) is 5.26 Å². The highest BCUT2D eigenvalue weighted by Crippen LogP contribution is 2.34. The van der Waals surface area contributed by atoms with Crippen molar-refractivity contribution in [2.24, 2.45) is 0 Å². The van der Waals surface area contributed by atoms with Crippen LogP contribution in [-0.4, -0.2) is 16.6 Å². The summed E-state index contributed by atoms with van der Waals surface area (Å²) in [6.07, 6.45) is 0.320. The number of rotatable bonds is 7. The van der Waals surface area contributed by atoms with Crippen molar-refractivity contribution in [1.82, 2.24) is 4.98 Å². The van der Waals surface area contributed by atoms with Crippen LogP contribution in [0.3, 0.4) is 0 Å². The largest absolute Gasteiger partial charge is 0.326 e. The van der Waals surface area contributed by atoms with Crippen LogP contribution in [0.15, 0.2) is 90.0 Å². The van der Waals surface area contributed by atoms with Gasteiger partial charge in [0.15, 0.2) is 0 Å². The molecule has 1 N–H and O–H groups in total. The molecule has 1 aromatic heterocycles. The molecular weight excluding hydrogens is 438 g/mol. The molecular formula is C29H25N3OS. The maximum Gasteiger partial charge on any atom is 0.225 e. The molecule has 0 aliphatic rings. The molecule has 4 rings (SSSR count). The fourth-order valence-corrected chi connectivity index (χ4v) is 4.69. The van der Waals surface area contributed by atoms with Gasteiger partial charge in [-0.2, -0.15) is 5.26 Å². The second-order valence-electron chi connectivity index (χ2n) is 8.04. The molecule has 168 valence electrons. The van der Waals surface area contributed by atoms with Crippen molar-refractivity contribution >= 4 is 23.4 Å². The number of amides is 1. The Morgan fingerprint density at radius 3 is 2.26 bits per heavy atom. The normalized spacial score (nSPS) is 10.5. The number of nitrogens with zero attached hydrogens (tertiary/aromatic N) is 2. The molecule has 0 saturated carbocycles. The lowest BCUT2D eigenvalue weighted by atomic mass is 9.99. The SMILES string of the molecule is Cc1ccc(NC(=O)CCSc2nc(-c3ccccc3)cc(-c3ccccc3)c2C#N)c(C)c1. The van der Waals surface area contributed by atoms with Gasteiger partial charge < -0.3 is 5.32 Å². The van der Waals surface area contributed by atoms with E-state index in [4.69, 9.17) is 4.98 Å². The van der Waals surface area contributed by atoms with Crippen molar-refractivity contribution in [2.75, 3.05) is 11.1 Å². The third-order valence-electron chi connectivity index (χ3n) is 5.48. The number of nitrogens with one attached hydrogen (secondary N) is 1. The zero-order valence-electron chi connectivity index (χ0n) is 19.2. The number of thioether (sulfide) groups is 1. The molecule has 34 heavy (non-hydrogen) atoms. The van der Waals surface area contributed by atoms with Gasteiger partial charge in [0.25, 0.3) is 0 Å². The summed E-state index contributed by atoms with van der Waals surface area (Å²) in [5.41, 5.74) is 7.16. The Balaban J connectivity index is 1.58. The number of carbonyl (C=O) groups excluding carboxylic acids is 1. The van der Waals surface area contributed by atoms with Gasteiger partial charge in [0.2, 0.25) is 5.91 Å². The quantitative estimate of drug-likeness (QED) is 0.299. The first-order valence-corrected chi connectivity index (χ1v) is 12.1. The van der Waals surface area contributed by atoms with Gasteiger partial charge in [-0.25, -0.2) is 4.98 Å². The van der Waals surface area contributed by atoms with Crippen molar-refractivity contribution in [3.63, 3.8) is 0 Å². The molecule has 0 spiro atoms. The Morgan fingerprint density at radius 2 is 1.62 bits per heavy atom. The Kier molecular flexibility index (Phi) is 7.41. The topological polar surface area (TPSA) is 65.8 Å². The van der Waals surface area contributed by atoms with Gasteiger partial charge in [-0.15, -0.1) is 11.8 Å². The average molecular weight is 464 g/mol. The van der Waals surface area contributed by atoms with Crippen LogP contribution in [0.4, 0.5) is 5.69 Å². The third-order valence-corrected chi connectivity index (χ3v) is 6.45.